The van der Waals surface area contributed by atoms with E-state index < -0.39 is 14.3 Å². The number of hydrogen-bond donors (Lipinski definition) is 1. The highest BCUT2D eigenvalue weighted by molar-refractivity contribution is 6.69. The van der Waals surface area contributed by atoms with Crippen molar-refractivity contribution in [2.24, 2.45) is 5.11 Å². The van der Waals surface area contributed by atoms with Crippen molar-refractivity contribution in [2.45, 2.75) is 38.7 Å². The van der Waals surface area contributed by atoms with Crippen LogP contribution in [0.5, 0.6) is 0 Å². The summed E-state index contributed by atoms with van der Waals surface area (Å²) in [6.45, 7) is 8.17. The number of amides is 2. The highest BCUT2D eigenvalue weighted by atomic mass is 28.4. The van der Waals surface area contributed by atoms with Crippen molar-refractivity contribution in [1.82, 2.24) is 5.32 Å². The predicted octanol–water partition coefficient (Wildman–Crippen LogP) is 5.14. The normalized spacial score (nSPS) is 13.8. The summed E-state index contributed by atoms with van der Waals surface area (Å²) in [6, 6.07) is 13.1. The molecule has 0 aliphatic heterocycles. The molecule has 0 radical (unpaired) electrons. The van der Waals surface area contributed by atoms with Crippen LogP contribution in [-0.4, -0.2) is 20.4 Å². The number of azide groups is 1. The van der Waals surface area contributed by atoms with Crippen LogP contribution in [0.1, 0.15) is 18.6 Å². The van der Waals surface area contributed by atoms with Gasteiger partial charge >= 0.3 is 6.03 Å². The van der Waals surface area contributed by atoms with Crippen LogP contribution in [0, 0.1) is 0 Å². The van der Waals surface area contributed by atoms with Gasteiger partial charge in [-0.1, -0.05) is 42.5 Å². The zero-order chi connectivity index (χ0) is 17.7. The number of fused-ring (bicyclic) bond motifs is 1. The number of rotatable bonds is 5. The molecule has 0 aliphatic carbocycles. The van der Waals surface area contributed by atoms with Crippen molar-refractivity contribution in [2.75, 3.05) is 0 Å². The third kappa shape index (κ3) is 4.58. The molecule has 7 heteroatoms. The van der Waals surface area contributed by atoms with Gasteiger partial charge in [-0.15, -0.1) is 0 Å². The van der Waals surface area contributed by atoms with Crippen LogP contribution in [0.4, 0.5) is 4.79 Å². The van der Waals surface area contributed by atoms with E-state index in [9.17, 15) is 4.79 Å². The predicted molar refractivity (Wildman–Crippen MR) is 98.3 cm³/mol. The van der Waals surface area contributed by atoms with Crippen LogP contribution in [0.15, 0.2) is 47.6 Å². The molecule has 2 aromatic rings. The molecule has 0 spiro atoms. The van der Waals surface area contributed by atoms with Crippen molar-refractivity contribution in [3.05, 3.63) is 58.5 Å². The van der Waals surface area contributed by atoms with Gasteiger partial charge in [-0.25, -0.2) is 0 Å². The van der Waals surface area contributed by atoms with Crippen molar-refractivity contribution >= 4 is 25.1 Å². The third-order valence-corrected chi connectivity index (χ3v) is 4.51. The summed E-state index contributed by atoms with van der Waals surface area (Å²) in [7, 11) is -1.88. The van der Waals surface area contributed by atoms with E-state index in [-0.39, 0.29) is 12.1 Å². The van der Waals surface area contributed by atoms with Gasteiger partial charge < -0.3 is 9.74 Å². The van der Waals surface area contributed by atoms with E-state index in [1.165, 1.54) is 0 Å². The second kappa shape index (κ2) is 7.48. The van der Waals surface area contributed by atoms with E-state index in [0.29, 0.717) is 0 Å². The Labute approximate surface area is 142 Å². The van der Waals surface area contributed by atoms with Crippen LogP contribution in [0.25, 0.3) is 21.2 Å². The molecule has 2 amide bonds. The molecule has 2 rings (SSSR count). The van der Waals surface area contributed by atoms with Gasteiger partial charge in [0.25, 0.3) is 0 Å². The molecule has 126 valence electrons. The second-order valence-corrected chi connectivity index (χ2v) is 11.1. The first-order valence-electron chi connectivity index (χ1n) is 7.83. The number of nitrogens with zero attached hydrogens (tertiary/aromatic N) is 3. The first-order valence-corrected chi connectivity index (χ1v) is 11.2. The highest BCUT2D eigenvalue weighted by Crippen LogP contribution is 2.31. The van der Waals surface area contributed by atoms with Gasteiger partial charge in [0.05, 0.1) is 12.1 Å². The maximum atomic E-state index is 11.6. The number of hydrogen-bond acceptors (Lipinski definition) is 2. The van der Waals surface area contributed by atoms with Crippen molar-refractivity contribution < 1.29 is 9.22 Å². The van der Waals surface area contributed by atoms with Crippen LogP contribution in [-0.2, 0) is 4.43 Å². The van der Waals surface area contributed by atoms with E-state index in [0.717, 1.165) is 16.3 Å². The number of carbonyl (C=O) groups is 1. The first-order chi connectivity index (χ1) is 11.3. The lowest BCUT2D eigenvalue weighted by atomic mass is 9.97. The molecular formula is C17H22N4O2Si. The molecule has 1 N–H and O–H groups in total. The van der Waals surface area contributed by atoms with Crippen LogP contribution in [0.2, 0.25) is 19.6 Å². The number of urea groups is 1. The van der Waals surface area contributed by atoms with Crippen LogP contribution < -0.4 is 5.32 Å². The maximum Gasteiger partial charge on any atom is 0.308 e. The summed E-state index contributed by atoms with van der Waals surface area (Å²) >= 11 is 0. The minimum absolute atomic E-state index is 0.319. The summed E-state index contributed by atoms with van der Waals surface area (Å²) in [5, 5.41) is 8.00. The van der Waals surface area contributed by atoms with E-state index in [2.05, 4.69) is 35.0 Å². The Bertz CT molecular complexity index is 776. The summed E-state index contributed by atoms with van der Waals surface area (Å²) in [6.07, 6.45) is -0.319. The van der Waals surface area contributed by atoms with Gasteiger partial charge in [0.15, 0.2) is 8.32 Å². The van der Waals surface area contributed by atoms with Gasteiger partial charge in [-0.2, -0.15) is 0 Å². The van der Waals surface area contributed by atoms with Gasteiger partial charge in [0.2, 0.25) is 0 Å². The molecule has 0 bridgehead atoms. The van der Waals surface area contributed by atoms with Crippen LogP contribution >= 0.6 is 0 Å². The molecule has 0 aromatic heterocycles. The lowest BCUT2D eigenvalue weighted by molar-refractivity contribution is 0.157. The fraction of sp³-hybridized carbons (Fsp3) is 0.353. The summed E-state index contributed by atoms with van der Waals surface area (Å²) in [4.78, 5) is 14.2. The highest BCUT2D eigenvalue weighted by Gasteiger charge is 2.28. The summed E-state index contributed by atoms with van der Waals surface area (Å²) in [5.74, 6) is 0. The Hall–Kier alpha value is -2.34. The quantitative estimate of drug-likeness (QED) is 0.353. The molecule has 0 fully saturated rings. The van der Waals surface area contributed by atoms with Crippen molar-refractivity contribution in [1.29, 1.82) is 0 Å². The molecule has 2 atom stereocenters. The van der Waals surface area contributed by atoms with Crippen LogP contribution in [0.3, 0.4) is 0 Å². The molecule has 6 nitrogen and oxygen atoms in total. The van der Waals surface area contributed by atoms with Crippen molar-refractivity contribution in [3.63, 3.8) is 0 Å². The molecule has 24 heavy (non-hydrogen) atoms. The third-order valence-electron chi connectivity index (χ3n) is 3.55. The van der Waals surface area contributed by atoms with E-state index >= 15 is 0 Å². The lowest BCUT2D eigenvalue weighted by Gasteiger charge is -2.32. The molecular weight excluding hydrogens is 320 g/mol. The SMILES string of the molecule is C[C@@H](NC(=O)N=[N+]=[N-])[C@H](O[Si](C)(C)C)c1cccc2ccccc12. The summed E-state index contributed by atoms with van der Waals surface area (Å²) < 4.78 is 6.36. The van der Waals surface area contributed by atoms with Crippen molar-refractivity contribution in [3.8, 4) is 0 Å². The minimum Gasteiger partial charge on any atom is -0.409 e. The average molecular weight is 342 g/mol. The lowest BCUT2D eigenvalue weighted by Crippen LogP contribution is -2.40. The van der Waals surface area contributed by atoms with E-state index in [1.54, 1.807) is 0 Å². The molecule has 0 unspecified atom stereocenters. The number of carbonyl (C=O) groups excluding carboxylic acids is 1. The average Bonchev–Trinajstić information content (AvgIpc) is 2.51. The Morgan fingerprint density at radius 2 is 1.88 bits per heavy atom. The zero-order valence-electron chi connectivity index (χ0n) is 14.4. The van der Waals surface area contributed by atoms with E-state index in [4.69, 9.17) is 9.96 Å². The van der Waals surface area contributed by atoms with Gasteiger partial charge in [0.1, 0.15) is 0 Å². The standard InChI is InChI=1S/C17H22N4O2Si/c1-12(19-17(22)20-21-18)16(23-24(2,3)4)15-11-7-9-13-8-5-6-10-14(13)15/h5-12,16H,1-4H3,(H,19,22)/t12-,16+/m1/s1. The number of nitrogens with one attached hydrogen (secondary N) is 1. The molecule has 0 saturated heterocycles. The second-order valence-electron chi connectivity index (χ2n) is 6.65. The minimum atomic E-state index is -1.88. The topological polar surface area (TPSA) is 87.1 Å². The Balaban J connectivity index is 2.45. The Kier molecular flexibility index (Phi) is 5.61. The van der Waals surface area contributed by atoms with Gasteiger partial charge in [-0.05, 0) is 48.4 Å². The van der Waals surface area contributed by atoms with Gasteiger partial charge in [0, 0.05) is 10.0 Å². The van der Waals surface area contributed by atoms with E-state index in [1.807, 2.05) is 49.4 Å². The Morgan fingerprint density at radius 1 is 1.21 bits per heavy atom. The fourth-order valence-corrected chi connectivity index (χ4v) is 3.75. The maximum absolute atomic E-state index is 11.6. The largest absolute Gasteiger partial charge is 0.409 e. The molecule has 0 aliphatic rings. The number of benzene rings is 2. The monoisotopic (exact) mass is 342 g/mol. The van der Waals surface area contributed by atoms with Gasteiger partial charge in [-0.3, -0.25) is 4.79 Å². The molecule has 2 aromatic carbocycles. The summed E-state index contributed by atoms with van der Waals surface area (Å²) in [5.41, 5.74) is 9.42. The first kappa shape index (κ1) is 18.0. The smallest absolute Gasteiger partial charge is 0.308 e. The molecule has 0 heterocycles. The Morgan fingerprint density at radius 3 is 2.54 bits per heavy atom. The fourth-order valence-electron chi connectivity index (χ4n) is 2.65. The molecule has 0 saturated carbocycles. The zero-order valence-corrected chi connectivity index (χ0v) is 15.4.